The molecule has 112 valence electrons. The van der Waals surface area contributed by atoms with E-state index in [9.17, 15) is 8.42 Å². The highest BCUT2D eigenvalue weighted by molar-refractivity contribution is 7.92. The van der Waals surface area contributed by atoms with Crippen molar-refractivity contribution >= 4 is 21.5 Å². The van der Waals surface area contributed by atoms with Gasteiger partial charge >= 0.3 is 0 Å². The van der Waals surface area contributed by atoms with E-state index < -0.39 is 10.0 Å². The van der Waals surface area contributed by atoms with Gasteiger partial charge in [0.25, 0.3) is 10.0 Å². The molecule has 0 saturated carbocycles. The molecule has 0 amide bonds. The first-order chi connectivity index (χ1) is 9.98. The predicted molar refractivity (Wildman–Crippen MR) is 82.4 cm³/mol. The zero-order chi connectivity index (χ0) is 15.5. The topological polar surface area (TPSA) is 71.5 Å². The molecule has 0 aliphatic carbocycles. The number of benzene rings is 1. The van der Waals surface area contributed by atoms with Gasteiger partial charge in [0, 0.05) is 26.4 Å². The molecule has 1 N–H and O–H groups in total. The van der Waals surface area contributed by atoms with Crippen molar-refractivity contribution in [3.8, 4) is 5.75 Å². The standard InChI is InChI=1S/C14H17N3O3S/c1-15-14-8-7-13(10-16-14)21(18,19)17(2)11-5-4-6-12(9-11)20-3/h4-10H,1-3H3,(H,15,16). The van der Waals surface area contributed by atoms with Crippen LogP contribution in [0.2, 0.25) is 0 Å². The normalized spacial score (nSPS) is 11.0. The summed E-state index contributed by atoms with van der Waals surface area (Å²) in [4.78, 5) is 4.16. The Morgan fingerprint density at radius 2 is 2.00 bits per heavy atom. The molecule has 1 aromatic carbocycles. The molecule has 0 radical (unpaired) electrons. The fourth-order valence-corrected chi connectivity index (χ4v) is 2.92. The van der Waals surface area contributed by atoms with E-state index in [-0.39, 0.29) is 4.90 Å². The maximum Gasteiger partial charge on any atom is 0.265 e. The van der Waals surface area contributed by atoms with Crippen LogP contribution in [0.3, 0.4) is 0 Å². The largest absolute Gasteiger partial charge is 0.497 e. The molecule has 2 aromatic rings. The molecule has 0 unspecified atom stereocenters. The van der Waals surface area contributed by atoms with Crippen molar-refractivity contribution in [2.45, 2.75) is 4.90 Å². The molecule has 0 saturated heterocycles. The second-order valence-corrected chi connectivity index (χ2v) is 6.27. The number of ether oxygens (including phenoxy) is 1. The third-order valence-electron chi connectivity index (χ3n) is 3.07. The van der Waals surface area contributed by atoms with Crippen molar-refractivity contribution in [2.24, 2.45) is 0 Å². The maximum atomic E-state index is 12.6. The van der Waals surface area contributed by atoms with E-state index in [1.165, 1.54) is 30.7 Å². The average molecular weight is 307 g/mol. The van der Waals surface area contributed by atoms with Crippen LogP contribution in [0.25, 0.3) is 0 Å². The first-order valence-electron chi connectivity index (χ1n) is 6.26. The van der Waals surface area contributed by atoms with Crippen molar-refractivity contribution in [1.82, 2.24) is 4.98 Å². The number of pyridine rings is 1. The average Bonchev–Trinajstić information content (AvgIpc) is 2.54. The van der Waals surface area contributed by atoms with Gasteiger partial charge in [-0.2, -0.15) is 0 Å². The number of rotatable bonds is 5. The summed E-state index contributed by atoms with van der Waals surface area (Å²) in [5.74, 6) is 1.20. The number of methoxy groups -OCH3 is 1. The molecular weight excluding hydrogens is 290 g/mol. The summed E-state index contributed by atoms with van der Waals surface area (Å²) < 4.78 is 31.4. The van der Waals surface area contributed by atoms with Gasteiger partial charge in [-0.1, -0.05) is 6.07 Å². The van der Waals surface area contributed by atoms with Crippen LogP contribution in [0.4, 0.5) is 11.5 Å². The summed E-state index contributed by atoms with van der Waals surface area (Å²) in [5, 5.41) is 2.85. The van der Waals surface area contributed by atoms with Crippen molar-refractivity contribution < 1.29 is 13.2 Å². The second kappa shape index (κ2) is 6.01. The molecule has 0 fully saturated rings. The highest BCUT2D eigenvalue weighted by atomic mass is 32.2. The minimum absolute atomic E-state index is 0.131. The van der Waals surface area contributed by atoms with Crippen molar-refractivity contribution in [1.29, 1.82) is 0 Å². The Bertz CT molecular complexity index is 714. The summed E-state index contributed by atoms with van der Waals surface area (Å²) in [6.45, 7) is 0. The summed E-state index contributed by atoms with van der Waals surface area (Å²) in [6.07, 6.45) is 1.33. The molecule has 0 atom stereocenters. The molecule has 0 bridgehead atoms. The lowest BCUT2D eigenvalue weighted by Gasteiger charge is -2.20. The maximum absolute atomic E-state index is 12.6. The number of hydrogen-bond acceptors (Lipinski definition) is 5. The first kappa shape index (κ1) is 15.1. The van der Waals surface area contributed by atoms with Crippen molar-refractivity contribution in [3.05, 3.63) is 42.6 Å². The van der Waals surface area contributed by atoms with Gasteiger partial charge in [0.05, 0.1) is 12.8 Å². The lowest BCUT2D eigenvalue weighted by molar-refractivity contribution is 0.415. The number of sulfonamides is 1. The Hall–Kier alpha value is -2.28. The molecule has 0 aliphatic heterocycles. The van der Waals surface area contributed by atoms with E-state index in [4.69, 9.17) is 4.74 Å². The molecule has 2 rings (SSSR count). The van der Waals surface area contributed by atoms with Crippen LogP contribution in [0.5, 0.6) is 5.75 Å². The van der Waals surface area contributed by atoms with Gasteiger partial charge in [0.1, 0.15) is 16.5 Å². The van der Waals surface area contributed by atoms with E-state index >= 15 is 0 Å². The molecule has 7 heteroatoms. The Balaban J connectivity index is 2.37. The summed E-state index contributed by atoms with van der Waals surface area (Å²) in [6, 6.07) is 10.00. The van der Waals surface area contributed by atoms with Crippen LogP contribution < -0.4 is 14.4 Å². The van der Waals surface area contributed by atoms with Gasteiger partial charge in [-0.15, -0.1) is 0 Å². The Morgan fingerprint density at radius 1 is 1.24 bits per heavy atom. The zero-order valence-corrected chi connectivity index (χ0v) is 12.9. The summed E-state index contributed by atoms with van der Waals surface area (Å²) >= 11 is 0. The number of aromatic nitrogens is 1. The molecular formula is C14H17N3O3S. The molecule has 1 heterocycles. The van der Waals surface area contributed by atoms with Gasteiger partial charge in [0.15, 0.2) is 0 Å². The van der Waals surface area contributed by atoms with Crippen molar-refractivity contribution in [3.63, 3.8) is 0 Å². The highest BCUT2D eigenvalue weighted by Gasteiger charge is 2.22. The lowest BCUT2D eigenvalue weighted by atomic mass is 10.3. The van der Waals surface area contributed by atoms with Gasteiger partial charge in [-0.05, 0) is 24.3 Å². The minimum atomic E-state index is -3.65. The number of hydrogen-bond donors (Lipinski definition) is 1. The van der Waals surface area contributed by atoms with E-state index in [0.29, 0.717) is 17.3 Å². The van der Waals surface area contributed by atoms with E-state index in [1.807, 2.05) is 0 Å². The van der Waals surface area contributed by atoms with Gasteiger partial charge in [-0.25, -0.2) is 13.4 Å². The number of nitrogens with one attached hydrogen (secondary N) is 1. The van der Waals surface area contributed by atoms with Crippen LogP contribution in [-0.4, -0.2) is 34.6 Å². The molecule has 6 nitrogen and oxygen atoms in total. The predicted octanol–water partition coefficient (Wildman–Crippen LogP) is 1.96. The third-order valence-corrected chi connectivity index (χ3v) is 4.84. The van der Waals surface area contributed by atoms with Gasteiger partial charge < -0.3 is 10.1 Å². The smallest absolute Gasteiger partial charge is 0.265 e. The van der Waals surface area contributed by atoms with Gasteiger partial charge in [0.2, 0.25) is 0 Å². The SMILES string of the molecule is CNc1ccc(S(=O)(=O)N(C)c2cccc(OC)c2)cn1. The quantitative estimate of drug-likeness (QED) is 0.914. The van der Waals surface area contributed by atoms with Crippen LogP contribution >= 0.6 is 0 Å². The highest BCUT2D eigenvalue weighted by Crippen LogP contribution is 2.25. The van der Waals surface area contributed by atoms with Gasteiger partial charge in [-0.3, -0.25) is 4.31 Å². The molecule has 0 aliphatic rings. The number of nitrogens with zero attached hydrogens (tertiary/aromatic N) is 2. The molecule has 21 heavy (non-hydrogen) atoms. The fourth-order valence-electron chi connectivity index (χ4n) is 1.78. The van der Waals surface area contributed by atoms with E-state index in [2.05, 4.69) is 10.3 Å². The second-order valence-electron chi connectivity index (χ2n) is 4.30. The first-order valence-corrected chi connectivity index (χ1v) is 7.70. The molecule has 0 spiro atoms. The molecule has 1 aromatic heterocycles. The number of anilines is 2. The zero-order valence-electron chi connectivity index (χ0n) is 12.1. The van der Waals surface area contributed by atoms with E-state index in [0.717, 1.165) is 0 Å². The van der Waals surface area contributed by atoms with Crippen molar-refractivity contribution in [2.75, 3.05) is 30.8 Å². The van der Waals surface area contributed by atoms with E-state index in [1.54, 1.807) is 37.4 Å². The third kappa shape index (κ3) is 3.08. The lowest BCUT2D eigenvalue weighted by Crippen LogP contribution is -2.26. The Labute approximate surface area is 124 Å². The minimum Gasteiger partial charge on any atom is -0.497 e. The van der Waals surface area contributed by atoms with Crippen LogP contribution in [0.1, 0.15) is 0 Å². The Morgan fingerprint density at radius 3 is 2.57 bits per heavy atom. The van der Waals surface area contributed by atoms with Crippen LogP contribution in [0.15, 0.2) is 47.5 Å². The summed E-state index contributed by atoms with van der Waals surface area (Å²) in [7, 11) is 1.10. The summed E-state index contributed by atoms with van der Waals surface area (Å²) in [5.41, 5.74) is 0.520. The van der Waals surface area contributed by atoms with Crippen LogP contribution in [-0.2, 0) is 10.0 Å². The monoisotopic (exact) mass is 307 g/mol. The fraction of sp³-hybridized carbons (Fsp3) is 0.214. The van der Waals surface area contributed by atoms with Crippen LogP contribution in [0, 0.1) is 0 Å². The Kier molecular flexibility index (Phi) is 4.32.